The van der Waals surface area contributed by atoms with Crippen molar-refractivity contribution in [1.82, 2.24) is 0 Å². The van der Waals surface area contributed by atoms with Crippen molar-refractivity contribution in [3.8, 4) is 0 Å². The van der Waals surface area contributed by atoms with E-state index in [4.69, 9.17) is 4.74 Å². The standard InChI is InChI=1S/C18H23BrO2/c1-11-6-5-7-13(15(11)19)16(20)21-14-10-12-8-9-18(14,4)17(12,2)3/h5-7,12,14H,8-10H2,1-4H3. The quantitative estimate of drug-likeness (QED) is 0.691. The Balaban J connectivity index is 1.82. The third kappa shape index (κ3) is 2.08. The Labute approximate surface area is 135 Å². The monoisotopic (exact) mass is 350 g/mol. The third-order valence-electron chi connectivity index (χ3n) is 6.37. The summed E-state index contributed by atoms with van der Waals surface area (Å²) in [4.78, 5) is 12.6. The van der Waals surface area contributed by atoms with E-state index >= 15 is 0 Å². The van der Waals surface area contributed by atoms with Crippen molar-refractivity contribution in [3.63, 3.8) is 0 Å². The van der Waals surface area contributed by atoms with Gasteiger partial charge in [-0.1, -0.05) is 32.9 Å². The Morgan fingerprint density at radius 2 is 2.05 bits per heavy atom. The number of esters is 1. The van der Waals surface area contributed by atoms with Crippen LogP contribution in [0.25, 0.3) is 0 Å². The van der Waals surface area contributed by atoms with E-state index in [1.165, 1.54) is 6.42 Å². The van der Waals surface area contributed by atoms with Crippen LogP contribution in [-0.2, 0) is 4.74 Å². The lowest BCUT2D eigenvalue weighted by Gasteiger charge is -2.38. The van der Waals surface area contributed by atoms with E-state index in [9.17, 15) is 4.79 Å². The zero-order valence-corrected chi connectivity index (χ0v) is 14.8. The zero-order chi connectivity index (χ0) is 15.4. The van der Waals surface area contributed by atoms with Crippen LogP contribution in [0.2, 0.25) is 0 Å². The summed E-state index contributed by atoms with van der Waals surface area (Å²) in [6, 6.07) is 5.73. The molecule has 2 aliphatic rings. The Kier molecular flexibility index (Phi) is 3.47. The maximum absolute atomic E-state index is 12.6. The minimum Gasteiger partial charge on any atom is -0.458 e. The van der Waals surface area contributed by atoms with E-state index in [0.29, 0.717) is 11.5 Å². The molecule has 0 radical (unpaired) electrons. The summed E-state index contributed by atoms with van der Waals surface area (Å²) >= 11 is 3.51. The summed E-state index contributed by atoms with van der Waals surface area (Å²) < 4.78 is 6.79. The van der Waals surface area contributed by atoms with Crippen molar-refractivity contribution in [2.75, 3.05) is 0 Å². The number of hydrogen-bond donors (Lipinski definition) is 0. The number of carbonyl (C=O) groups is 1. The fraction of sp³-hybridized carbons (Fsp3) is 0.611. The molecule has 0 spiro atoms. The van der Waals surface area contributed by atoms with Gasteiger partial charge in [0.2, 0.25) is 0 Å². The first-order chi connectivity index (χ1) is 9.77. The number of ether oxygens (including phenoxy) is 1. The number of benzene rings is 1. The average Bonchev–Trinajstić information content (AvgIpc) is 2.75. The van der Waals surface area contributed by atoms with Gasteiger partial charge < -0.3 is 4.74 Å². The third-order valence-corrected chi connectivity index (χ3v) is 7.43. The van der Waals surface area contributed by atoms with Crippen LogP contribution in [0.15, 0.2) is 22.7 Å². The zero-order valence-electron chi connectivity index (χ0n) is 13.2. The van der Waals surface area contributed by atoms with Gasteiger partial charge in [-0.2, -0.15) is 0 Å². The lowest BCUT2D eigenvalue weighted by atomic mass is 9.70. The molecule has 2 fully saturated rings. The molecular formula is C18H23BrO2. The van der Waals surface area contributed by atoms with Crippen LogP contribution in [0.3, 0.4) is 0 Å². The highest BCUT2D eigenvalue weighted by Gasteiger charge is 2.62. The molecule has 3 heteroatoms. The van der Waals surface area contributed by atoms with Crippen molar-refractivity contribution in [2.24, 2.45) is 16.7 Å². The molecule has 3 atom stereocenters. The molecule has 2 saturated carbocycles. The lowest BCUT2D eigenvalue weighted by Crippen LogP contribution is -2.38. The highest BCUT2D eigenvalue weighted by atomic mass is 79.9. The molecule has 0 saturated heterocycles. The van der Waals surface area contributed by atoms with E-state index < -0.39 is 0 Å². The fourth-order valence-electron chi connectivity index (χ4n) is 4.31. The topological polar surface area (TPSA) is 26.3 Å². The Morgan fingerprint density at radius 1 is 1.33 bits per heavy atom. The number of aryl methyl sites for hydroxylation is 1. The number of carbonyl (C=O) groups excluding carboxylic acids is 1. The number of hydrogen-bond acceptors (Lipinski definition) is 2. The van der Waals surface area contributed by atoms with E-state index in [1.54, 1.807) is 0 Å². The van der Waals surface area contributed by atoms with Gasteiger partial charge in [-0.25, -0.2) is 4.79 Å². The summed E-state index contributed by atoms with van der Waals surface area (Å²) in [5, 5.41) is 0. The summed E-state index contributed by atoms with van der Waals surface area (Å²) in [6.07, 6.45) is 3.49. The van der Waals surface area contributed by atoms with Gasteiger partial charge in [0.15, 0.2) is 0 Å². The summed E-state index contributed by atoms with van der Waals surface area (Å²) in [5.74, 6) is 0.487. The number of fused-ring (bicyclic) bond motifs is 2. The van der Waals surface area contributed by atoms with Crippen LogP contribution in [0, 0.1) is 23.7 Å². The second kappa shape index (κ2) is 4.84. The van der Waals surface area contributed by atoms with Gasteiger partial charge in [0.25, 0.3) is 0 Å². The van der Waals surface area contributed by atoms with E-state index in [1.807, 2.05) is 25.1 Å². The molecule has 0 heterocycles. The second-order valence-corrected chi connectivity index (χ2v) is 8.23. The normalized spacial score (nSPS) is 33.2. The molecule has 0 amide bonds. The fourth-order valence-corrected chi connectivity index (χ4v) is 4.73. The van der Waals surface area contributed by atoms with Gasteiger partial charge in [-0.05, 0) is 65.1 Å². The predicted octanol–water partition coefficient (Wildman–Crippen LogP) is 5.13. The first-order valence-electron chi connectivity index (χ1n) is 7.73. The SMILES string of the molecule is Cc1cccc(C(=O)OC2CC3CCC2(C)C3(C)C)c1Br. The molecular weight excluding hydrogens is 328 g/mol. The molecule has 2 nitrogen and oxygen atoms in total. The largest absolute Gasteiger partial charge is 0.458 e. The van der Waals surface area contributed by atoms with Crippen molar-refractivity contribution >= 4 is 21.9 Å². The number of rotatable bonds is 2. The average molecular weight is 351 g/mol. The minimum absolute atomic E-state index is 0.0474. The van der Waals surface area contributed by atoms with Crippen molar-refractivity contribution < 1.29 is 9.53 Å². The van der Waals surface area contributed by atoms with Gasteiger partial charge in [0.1, 0.15) is 6.10 Å². The van der Waals surface area contributed by atoms with E-state index in [2.05, 4.69) is 36.7 Å². The smallest absolute Gasteiger partial charge is 0.339 e. The summed E-state index contributed by atoms with van der Waals surface area (Å²) in [6.45, 7) is 8.95. The van der Waals surface area contributed by atoms with Gasteiger partial charge in [0, 0.05) is 9.89 Å². The molecule has 21 heavy (non-hydrogen) atoms. The number of halogens is 1. The van der Waals surface area contributed by atoms with Crippen molar-refractivity contribution in [2.45, 2.75) is 53.1 Å². The second-order valence-electron chi connectivity index (χ2n) is 7.44. The van der Waals surface area contributed by atoms with Gasteiger partial charge in [-0.15, -0.1) is 0 Å². The van der Waals surface area contributed by atoms with Crippen LogP contribution >= 0.6 is 15.9 Å². The molecule has 1 aromatic carbocycles. The molecule has 1 aromatic rings. The van der Waals surface area contributed by atoms with Crippen molar-refractivity contribution in [1.29, 1.82) is 0 Å². The molecule has 114 valence electrons. The van der Waals surface area contributed by atoms with Gasteiger partial charge >= 0.3 is 5.97 Å². The molecule has 0 aromatic heterocycles. The maximum atomic E-state index is 12.6. The highest BCUT2D eigenvalue weighted by Crippen LogP contribution is 2.66. The van der Waals surface area contributed by atoms with Crippen molar-refractivity contribution in [3.05, 3.63) is 33.8 Å². The molecule has 3 unspecified atom stereocenters. The van der Waals surface area contributed by atoms with E-state index in [0.717, 1.165) is 22.9 Å². The first-order valence-corrected chi connectivity index (χ1v) is 8.53. The van der Waals surface area contributed by atoms with Gasteiger partial charge in [-0.3, -0.25) is 0 Å². The van der Waals surface area contributed by atoms with Crippen LogP contribution in [0.4, 0.5) is 0 Å². The van der Waals surface area contributed by atoms with Crippen LogP contribution in [0.1, 0.15) is 56.0 Å². The Bertz CT molecular complexity index is 593. The summed E-state index contributed by atoms with van der Waals surface area (Å²) in [5.41, 5.74) is 2.08. The minimum atomic E-state index is -0.194. The first kappa shape index (κ1) is 15.1. The molecule has 0 aliphatic heterocycles. The molecule has 2 aliphatic carbocycles. The van der Waals surface area contributed by atoms with E-state index in [-0.39, 0.29) is 22.9 Å². The van der Waals surface area contributed by atoms with Crippen LogP contribution in [-0.4, -0.2) is 12.1 Å². The molecule has 0 N–H and O–H groups in total. The summed E-state index contributed by atoms with van der Waals surface area (Å²) in [7, 11) is 0. The van der Waals surface area contributed by atoms with Gasteiger partial charge in [0.05, 0.1) is 5.56 Å². The molecule has 3 rings (SSSR count). The Hall–Kier alpha value is -0.830. The van der Waals surface area contributed by atoms with Crippen LogP contribution in [0.5, 0.6) is 0 Å². The molecule has 2 bridgehead atoms. The lowest BCUT2D eigenvalue weighted by molar-refractivity contribution is -0.0243. The predicted molar refractivity (Wildman–Crippen MR) is 87.3 cm³/mol. The highest BCUT2D eigenvalue weighted by molar-refractivity contribution is 9.10. The maximum Gasteiger partial charge on any atom is 0.339 e. The van der Waals surface area contributed by atoms with Crippen LogP contribution < -0.4 is 0 Å². The Morgan fingerprint density at radius 3 is 2.62 bits per heavy atom.